The molecule has 0 bridgehead atoms. The lowest BCUT2D eigenvalue weighted by molar-refractivity contribution is 0.708. The van der Waals surface area contributed by atoms with E-state index >= 15 is 0 Å². The van der Waals surface area contributed by atoms with E-state index < -0.39 is 14.2 Å². The van der Waals surface area contributed by atoms with Gasteiger partial charge in [-0.1, -0.05) is 150 Å². The Labute approximate surface area is 319 Å². The molecule has 0 aliphatic carbocycles. The van der Waals surface area contributed by atoms with Crippen LogP contribution >= 0.6 is 23.1 Å². The Kier molecular flexibility index (Phi) is 7.12. The molecule has 1 spiro atoms. The van der Waals surface area contributed by atoms with Crippen molar-refractivity contribution in [3.8, 4) is 0 Å². The van der Waals surface area contributed by atoms with Crippen LogP contribution in [0.2, 0.25) is 0 Å². The van der Waals surface area contributed by atoms with E-state index in [2.05, 4.69) is 199 Å². The van der Waals surface area contributed by atoms with Gasteiger partial charge in [-0.2, -0.15) is 0 Å². The van der Waals surface area contributed by atoms with Gasteiger partial charge in [0.15, 0.2) is 0 Å². The van der Waals surface area contributed by atoms with Crippen LogP contribution in [0, 0.1) is 0 Å². The number of rotatable bonds is 4. The maximum Gasteiger partial charge on any atom is 0.133 e. The SMILES string of the molecule is c1ccc(N(c2ccc3c(c2)C2(c4ccccc4Sc4ccccc42)c2ccccc2[SiH]3c2ccccc2)c2ccc3sc4ccccc4c3c2)cc1. The van der Waals surface area contributed by atoms with Crippen molar-refractivity contribution in [1.82, 2.24) is 0 Å². The summed E-state index contributed by atoms with van der Waals surface area (Å²) in [6.07, 6.45) is 0. The lowest BCUT2D eigenvalue weighted by Crippen LogP contribution is -2.62. The topological polar surface area (TPSA) is 3.24 Å². The number of hydrogen-bond donors (Lipinski definition) is 0. The van der Waals surface area contributed by atoms with Crippen molar-refractivity contribution in [1.29, 1.82) is 0 Å². The summed E-state index contributed by atoms with van der Waals surface area (Å²) in [7, 11) is -1.88. The highest BCUT2D eigenvalue weighted by Gasteiger charge is 2.50. The van der Waals surface area contributed by atoms with Crippen LogP contribution in [0.5, 0.6) is 0 Å². The lowest BCUT2D eigenvalue weighted by Gasteiger charge is -2.48. The van der Waals surface area contributed by atoms with Crippen molar-refractivity contribution in [3.05, 3.63) is 216 Å². The van der Waals surface area contributed by atoms with E-state index in [4.69, 9.17) is 0 Å². The molecule has 2 aliphatic rings. The molecule has 1 aromatic heterocycles. The molecule has 1 unspecified atom stereocenters. The van der Waals surface area contributed by atoms with Crippen LogP contribution in [-0.2, 0) is 5.41 Å². The predicted molar refractivity (Wildman–Crippen MR) is 229 cm³/mol. The smallest absolute Gasteiger partial charge is 0.133 e. The molecule has 2 aliphatic heterocycles. The molecule has 8 aromatic carbocycles. The van der Waals surface area contributed by atoms with E-state index in [1.807, 2.05) is 23.1 Å². The first kappa shape index (κ1) is 30.9. The van der Waals surface area contributed by atoms with Gasteiger partial charge in [-0.25, -0.2) is 0 Å². The van der Waals surface area contributed by atoms with Crippen LogP contribution < -0.4 is 20.5 Å². The van der Waals surface area contributed by atoms with E-state index in [9.17, 15) is 0 Å². The van der Waals surface area contributed by atoms with Crippen molar-refractivity contribution in [2.24, 2.45) is 0 Å². The normalized spacial score (nSPS) is 15.1. The number of para-hydroxylation sites is 1. The van der Waals surface area contributed by atoms with Crippen LogP contribution in [0.25, 0.3) is 20.2 Å². The molecule has 3 heterocycles. The highest BCUT2D eigenvalue weighted by Crippen LogP contribution is 2.56. The minimum Gasteiger partial charge on any atom is -0.310 e. The van der Waals surface area contributed by atoms with Gasteiger partial charge in [0, 0.05) is 47.0 Å². The summed E-state index contributed by atoms with van der Waals surface area (Å²) in [6.45, 7) is 0. The van der Waals surface area contributed by atoms with Gasteiger partial charge in [-0.05, 0) is 93.3 Å². The Morgan fingerprint density at radius 2 is 0.962 bits per heavy atom. The summed E-state index contributed by atoms with van der Waals surface area (Å²) in [4.78, 5) is 5.12. The second-order valence-electron chi connectivity index (χ2n) is 14.0. The summed E-state index contributed by atoms with van der Waals surface area (Å²) in [5.74, 6) is 0. The van der Waals surface area contributed by atoms with Gasteiger partial charge in [0.1, 0.15) is 8.80 Å². The molecule has 4 heteroatoms. The third kappa shape index (κ3) is 4.63. The highest BCUT2D eigenvalue weighted by atomic mass is 32.2. The van der Waals surface area contributed by atoms with Crippen molar-refractivity contribution < 1.29 is 0 Å². The third-order valence-corrected chi connectivity index (χ3v) is 16.9. The summed E-state index contributed by atoms with van der Waals surface area (Å²) in [6, 6.07) is 73.1. The highest BCUT2D eigenvalue weighted by molar-refractivity contribution is 7.99. The summed E-state index contributed by atoms with van der Waals surface area (Å²) in [5, 5.41) is 7.06. The first-order valence-electron chi connectivity index (χ1n) is 18.2. The van der Waals surface area contributed by atoms with Crippen LogP contribution in [0.3, 0.4) is 0 Å². The summed E-state index contributed by atoms with van der Waals surface area (Å²) < 4.78 is 2.64. The first-order valence-corrected chi connectivity index (χ1v) is 21.6. The van der Waals surface area contributed by atoms with Gasteiger partial charge < -0.3 is 4.90 Å². The molecule has 0 radical (unpaired) electrons. The number of fused-ring (bicyclic) bond motifs is 11. The fourth-order valence-electron chi connectivity index (χ4n) is 9.12. The monoisotopic (exact) mass is 727 g/mol. The van der Waals surface area contributed by atoms with Crippen molar-refractivity contribution in [2.45, 2.75) is 15.2 Å². The van der Waals surface area contributed by atoms with Gasteiger partial charge in [0.25, 0.3) is 0 Å². The molecule has 0 N–H and O–H groups in total. The fraction of sp³-hybridized carbons (Fsp3) is 0.0204. The minimum absolute atomic E-state index is 0.478. The molecular weight excluding hydrogens is 695 g/mol. The second-order valence-corrected chi connectivity index (χ2v) is 18.9. The third-order valence-electron chi connectivity index (χ3n) is 11.3. The molecule has 250 valence electrons. The van der Waals surface area contributed by atoms with Gasteiger partial charge >= 0.3 is 0 Å². The number of benzene rings is 8. The minimum atomic E-state index is -1.88. The number of hydrogen-bond acceptors (Lipinski definition) is 3. The zero-order valence-corrected chi connectivity index (χ0v) is 31.6. The van der Waals surface area contributed by atoms with E-state index in [-0.39, 0.29) is 0 Å². The predicted octanol–water partition coefficient (Wildman–Crippen LogP) is 10.9. The molecule has 11 rings (SSSR count). The molecule has 0 saturated heterocycles. The van der Waals surface area contributed by atoms with E-state index in [1.54, 1.807) is 0 Å². The molecule has 9 aromatic rings. The van der Waals surface area contributed by atoms with Gasteiger partial charge in [-0.15, -0.1) is 11.3 Å². The van der Waals surface area contributed by atoms with Crippen molar-refractivity contribution in [2.75, 3.05) is 4.90 Å². The molecule has 0 fully saturated rings. The quantitative estimate of drug-likeness (QED) is 0.166. The molecule has 1 nitrogen and oxygen atoms in total. The van der Waals surface area contributed by atoms with Crippen LogP contribution in [-0.4, -0.2) is 8.80 Å². The summed E-state index contributed by atoms with van der Waals surface area (Å²) >= 11 is 3.78. The summed E-state index contributed by atoms with van der Waals surface area (Å²) in [5.41, 5.74) is 8.55. The van der Waals surface area contributed by atoms with Crippen molar-refractivity contribution >= 4 is 84.7 Å². The zero-order valence-electron chi connectivity index (χ0n) is 28.8. The Balaban J connectivity index is 1.24. The van der Waals surface area contributed by atoms with Gasteiger partial charge in [0.05, 0.1) is 5.41 Å². The maximum atomic E-state index is 2.56. The Hall–Kier alpha value is -5.65. The largest absolute Gasteiger partial charge is 0.310 e. The number of anilines is 3. The van der Waals surface area contributed by atoms with Crippen molar-refractivity contribution in [3.63, 3.8) is 0 Å². The molecule has 0 amide bonds. The zero-order chi connectivity index (χ0) is 34.9. The fourth-order valence-corrected chi connectivity index (χ4v) is 14.9. The van der Waals surface area contributed by atoms with E-state index in [0.29, 0.717) is 0 Å². The van der Waals surface area contributed by atoms with E-state index in [0.717, 1.165) is 11.4 Å². The standard InChI is InChI=1S/C49H33NS2Si/c1-3-15-33(16-4-1)50(34-27-29-44-38(31-34)37-19-7-11-23-43(37)51-44)35-28-30-48-42(32-35)49(39-20-8-12-24-45(39)52-46-25-13-9-21-40(46)49)41-22-10-14-26-47(41)53(48)36-17-5-2-6-18-36/h1-32,53H. The molecule has 1 atom stereocenters. The Morgan fingerprint density at radius 3 is 1.74 bits per heavy atom. The van der Waals surface area contributed by atoms with Crippen LogP contribution in [0.4, 0.5) is 17.1 Å². The van der Waals surface area contributed by atoms with Gasteiger partial charge in [-0.3, -0.25) is 0 Å². The maximum absolute atomic E-state index is 2.56. The number of nitrogens with zero attached hydrogens (tertiary/aromatic N) is 1. The second kappa shape index (κ2) is 12.2. The molecule has 0 saturated carbocycles. The average Bonchev–Trinajstić information content (AvgIpc) is 3.60. The Morgan fingerprint density at radius 1 is 0.396 bits per heavy atom. The van der Waals surface area contributed by atoms with Gasteiger partial charge in [0.2, 0.25) is 0 Å². The lowest BCUT2D eigenvalue weighted by atomic mass is 9.64. The average molecular weight is 728 g/mol. The Bertz CT molecular complexity index is 2800. The van der Waals surface area contributed by atoms with Crippen LogP contribution in [0.15, 0.2) is 204 Å². The van der Waals surface area contributed by atoms with E-state index in [1.165, 1.54) is 73.5 Å². The molecule has 53 heavy (non-hydrogen) atoms. The first-order chi connectivity index (χ1) is 26.3. The van der Waals surface area contributed by atoms with Crippen LogP contribution in [0.1, 0.15) is 22.3 Å². The number of thiophene rings is 1. The molecular formula is C49H33NS2Si.